The van der Waals surface area contributed by atoms with Crippen LogP contribution in [0, 0.1) is 17.9 Å². The van der Waals surface area contributed by atoms with Crippen molar-refractivity contribution >= 4 is 27.3 Å². The molecule has 0 saturated carbocycles. The molecule has 2 aromatic heterocycles. The van der Waals surface area contributed by atoms with Crippen LogP contribution in [0.4, 0.5) is 0 Å². The molecule has 0 amide bonds. The zero-order chi connectivity index (χ0) is 27.4. The summed E-state index contributed by atoms with van der Waals surface area (Å²) in [5, 5.41) is 13.4. The summed E-state index contributed by atoms with van der Waals surface area (Å²) in [7, 11) is 0. The Bertz CT molecular complexity index is 1490. The normalized spacial score (nSPS) is 14.4. The maximum absolute atomic E-state index is 11.7. The molecule has 2 aromatic carbocycles. The Morgan fingerprint density at radius 3 is 2.43 bits per heavy atom. The van der Waals surface area contributed by atoms with Crippen molar-refractivity contribution in [2.24, 2.45) is 11.8 Å². The number of carbonyl (C=O) groups excluding carboxylic acids is 1. The predicted octanol–water partition coefficient (Wildman–Crippen LogP) is 8.02. The van der Waals surface area contributed by atoms with Gasteiger partial charge in [-0.05, 0) is 48.5 Å². The van der Waals surface area contributed by atoms with Crippen LogP contribution in [-0.4, -0.2) is 20.9 Å². The number of hydrogen-bond donors (Lipinski definition) is 1. The molecule has 4 nitrogen and oxygen atoms in total. The number of carbonyl (C=O) groups is 1. The van der Waals surface area contributed by atoms with Crippen molar-refractivity contribution in [3.05, 3.63) is 84.0 Å². The molecule has 1 aliphatic rings. The van der Waals surface area contributed by atoms with Gasteiger partial charge in [-0.1, -0.05) is 73.9 Å². The Labute approximate surface area is 236 Å². The zero-order valence-electron chi connectivity index (χ0n) is 23.8. The van der Waals surface area contributed by atoms with Gasteiger partial charge in [0.25, 0.3) is 0 Å². The number of fused-ring (bicyclic) bond motifs is 4. The molecule has 1 aliphatic carbocycles. The molecule has 195 valence electrons. The summed E-state index contributed by atoms with van der Waals surface area (Å²) in [6.45, 7) is 8.07. The van der Waals surface area contributed by atoms with Gasteiger partial charge in [-0.3, -0.25) is 9.78 Å². The number of rotatable bonds is 7. The maximum atomic E-state index is 11.7. The molecule has 0 saturated heterocycles. The van der Waals surface area contributed by atoms with E-state index in [0.717, 1.165) is 52.8 Å². The number of ketones is 1. The van der Waals surface area contributed by atoms with Crippen LogP contribution < -0.4 is 0 Å². The van der Waals surface area contributed by atoms with Gasteiger partial charge in [-0.2, -0.15) is 0 Å². The number of pyridine rings is 2. The fraction of sp³-hybridized carbons (Fsp3) is 0.344. The van der Waals surface area contributed by atoms with Crippen molar-refractivity contribution in [2.45, 2.75) is 59.8 Å². The molecule has 0 atom stereocenters. The van der Waals surface area contributed by atoms with E-state index in [1.165, 1.54) is 6.08 Å². The van der Waals surface area contributed by atoms with Crippen molar-refractivity contribution in [1.82, 2.24) is 9.97 Å². The van der Waals surface area contributed by atoms with E-state index in [-0.39, 0.29) is 43.5 Å². The summed E-state index contributed by atoms with van der Waals surface area (Å²) in [5.74, 6) is 0.547. The third-order valence-electron chi connectivity index (χ3n) is 7.09. The van der Waals surface area contributed by atoms with Crippen molar-refractivity contribution in [1.29, 1.82) is 0 Å². The average molecular weight is 674 g/mol. The van der Waals surface area contributed by atoms with Gasteiger partial charge in [-0.15, -0.1) is 23.8 Å². The smallest absolute Gasteiger partial charge is 0.162 e. The van der Waals surface area contributed by atoms with Gasteiger partial charge in [0.2, 0.25) is 0 Å². The summed E-state index contributed by atoms with van der Waals surface area (Å²) >= 11 is 0. The first-order valence-electron chi connectivity index (χ1n) is 13.9. The number of aromatic nitrogens is 2. The summed E-state index contributed by atoms with van der Waals surface area (Å²) < 4.78 is 17.6. The Morgan fingerprint density at radius 1 is 1.03 bits per heavy atom. The molecular formula is C32H35IrN2O2-. The van der Waals surface area contributed by atoms with E-state index >= 15 is 0 Å². The number of allylic oxidation sites excluding steroid dienone is 2. The van der Waals surface area contributed by atoms with Crippen LogP contribution >= 0.6 is 0 Å². The molecule has 0 aliphatic heterocycles. The number of aliphatic hydroxyl groups excluding tert-OH is 1. The molecule has 5 heteroatoms. The van der Waals surface area contributed by atoms with E-state index in [0.29, 0.717) is 16.8 Å². The molecule has 2 heterocycles. The van der Waals surface area contributed by atoms with Gasteiger partial charge >= 0.3 is 0 Å². The number of aliphatic hydroxyl groups is 1. The van der Waals surface area contributed by atoms with Crippen LogP contribution in [0.5, 0.6) is 0 Å². The van der Waals surface area contributed by atoms with Crippen molar-refractivity contribution in [3.63, 3.8) is 0 Å². The summed E-state index contributed by atoms with van der Waals surface area (Å²) in [5.41, 5.74) is 2.74. The Balaban J connectivity index is 0.000000233. The monoisotopic (exact) mass is 674 g/mol. The third-order valence-corrected chi connectivity index (χ3v) is 7.09. The number of hydrogen-bond acceptors (Lipinski definition) is 4. The summed E-state index contributed by atoms with van der Waals surface area (Å²) in [6.07, 6.45) is 8.47. The first kappa shape index (κ1) is 25.8. The Hall–Kier alpha value is -2.88. The van der Waals surface area contributed by atoms with Gasteiger partial charge in [0, 0.05) is 59.3 Å². The fourth-order valence-electron chi connectivity index (χ4n) is 4.84. The second-order valence-electron chi connectivity index (χ2n) is 9.20. The Kier molecular flexibility index (Phi) is 9.10. The van der Waals surface area contributed by atoms with Crippen molar-refractivity contribution in [2.75, 3.05) is 0 Å². The molecule has 1 radical (unpaired) electrons. The van der Waals surface area contributed by atoms with E-state index in [4.69, 9.17) is 2.74 Å². The maximum Gasteiger partial charge on any atom is 0.162 e. The van der Waals surface area contributed by atoms with Crippen LogP contribution in [-0.2, 0) is 31.3 Å². The van der Waals surface area contributed by atoms with E-state index in [2.05, 4.69) is 16.0 Å². The van der Waals surface area contributed by atoms with Crippen LogP contribution in [0.3, 0.4) is 0 Å². The van der Waals surface area contributed by atoms with Crippen LogP contribution in [0.2, 0.25) is 0 Å². The standard InChI is InChI=1S/C19H11N2.C13H24O2.Ir/c1-2-6-15-12(4-1)11-21-19-16-7-3-5-13-9-20-10-14(18(13)16)8-17(15)19;1-5-10(6-2)12(14)9-13(15)11(7-3)8-4;/h1-6,9-11H,8H2;9-11,14H,5-8H2,1-4H3;/q-1;;/b;12-9-;/i8D2;;. The second kappa shape index (κ2) is 13.1. The molecular weight excluding hydrogens is 637 g/mol. The van der Waals surface area contributed by atoms with Crippen LogP contribution in [0.1, 0.15) is 67.2 Å². The Morgan fingerprint density at radius 2 is 1.73 bits per heavy atom. The van der Waals surface area contributed by atoms with Gasteiger partial charge in [0.1, 0.15) is 0 Å². The largest absolute Gasteiger partial charge is 0.512 e. The predicted molar refractivity (Wildman–Crippen MR) is 148 cm³/mol. The van der Waals surface area contributed by atoms with Crippen LogP contribution in [0.25, 0.3) is 32.8 Å². The molecule has 0 unspecified atom stereocenters. The van der Waals surface area contributed by atoms with E-state index < -0.39 is 6.37 Å². The van der Waals surface area contributed by atoms with Gasteiger partial charge < -0.3 is 10.1 Å². The van der Waals surface area contributed by atoms with Gasteiger partial charge in [0.15, 0.2) is 5.78 Å². The number of benzene rings is 2. The molecule has 5 rings (SSSR count). The molecule has 0 spiro atoms. The molecule has 0 bridgehead atoms. The third kappa shape index (κ3) is 6.00. The minimum absolute atomic E-state index is 0. The molecule has 4 aromatic rings. The van der Waals surface area contributed by atoms with Gasteiger partial charge in [0.05, 0.1) is 5.76 Å². The van der Waals surface area contributed by atoms with Crippen molar-refractivity contribution < 1.29 is 32.7 Å². The van der Waals surface area contributed by atoms with Crippen LogP contribution in [0.15, 0.2) is 66.8 Å². The van der Waals surface area contributed by atoms with E-state index in [1.807, 2.05) is 70.3 Å². The quantitative estimate of drug-likeness (QED) is 0.123. The van der Waals surface area contributed by atoms with Gasteiger partial charge in [-0.25, -0.2) is 0 Å². The van der Waals surface area contributed by atoms with Crippen molar-refractivity contribution in [3.8, 4) is 11.3 Å². The molecule has 37 heavy (non-hydrogen) atoms. The zero-order valence-corrected chi connectivity index (χ0v) is 24.2. The fourth-order valence-corrected chi connectivity index (χ4v) is 4.84. The first-order chi connectivity index (χ1) is 18.3. The molecule has 0 fully saturated rings. The minimum atomic E-state index is -1.64. The first-order valence-corrected chi connectivity index (χ1v) is 12.9. The second-order valence-corrected chi connectivity index (χ2v) is 9.20. The topological polar surface area (TPSA) is 63.1 Å². The average Bonchev–Trinajstić information content (AvgIpc) is 2.93. The molecule has 1 N–H and O–H groups in total. The van der Waals surface area contributed by atoms with E-state index in [9.17, 15) is 9.90 Å². The summed E-state index contributed by atoms with van der Waals surface area (Å²) in [4.78, 5) is 20.5. The summed E-state index contributed by atoms with van der Waals surface area (Å²) in [6, 6.07) is 14.8. The minimum Gasteiger partial charge on any atom is -0.512 e. The SMILES string of the molecule is CCC(CC)C(=O)/C=C(\O)C(CC)CC.[2H]C1([2H])c2c(ncc3ccccc23)-c2[c-]ccc3cncc1c23.[Ir]. The van der Waals surface area contributed by atoms with E-state index in [1.54, 1.807) is 12.4 Å². The number of nitrogens with zero attached hydrogens (tertiary/aromatic N) is 2.